The predicted octanol–water partition coefficient (Wildman–Crippen LogP) is 0.227. The lowest BCUT2D eigenvalue weighted by atomic mass is 10.4. The molecule has 13 heavy (non-hydrogen) atoms. The van der Waals surface area contributed by atoms with Crippen LogP contribution in [0, 0.1) is 0 Å². The van der Waals surface area contributed by atoms with E-state index in [1.165, 1.54) is 0 Å². The minimum absolute atomic E-state index is 0.395. The number of nitrogens with zero attached hydrogens (tertiary/aromatic N) is 1. The Bertz CT molecular complexity index is 193. The van der Waals surface area contributed by atoms with Crippen LogP contribution in [0.2, 0.25) is 0 Å². The van der Waals surface area contributed by atoms with Crippen LogP contribution in [0.4, 0.5) is 0 Å². The van der Waals surface area contributed by atoms with Gasteiger partial charge in [0.1, 0.15) is 6.61 Å². The summed E-state index contributed by atoms with van der Waals surface area (Å²) >= 11 is 0. The van der Waals surface area contributed by atoms with Gasteiger partial charge in [0.15, 0.2) is 5.88 Å². The first-order chi connectivity index (χ1) is 6.02. The summed E-state index contributed by atoms with van der Waals surface area (Å²) < 4.78 is 5.20. The smallest absolute Gasteiger partial charge is 0.184 e. The van der Waals surface area contributed by atoms with E-state index in [0.29, 0.717) is 18.2 Å². The van der Waals surface area contributed by atoms with Gasteiger partial charge in [-0.25, -0.2) is 0 Å². The monoisotopic (exact) mass is 185 g/mol. The van der Waals surface area contributed by atoms with Crippen molar-refractivity contribution >= 4 is 0 Å². The molecule has 0 radical (unpaired) electrons. The zero-order valence-corrected chi connectivity index (χ0v) is 8.58. The first-order valence-electron chi connectivity index (χ1n) is 4.19. The van der Waals surface area contributed by atoms with E-state index >= 15 is 0 Å². The molecule has 0 atom stereocenters. The fourth-order valence-electron chi connectivity index (χ4n) is 0.608. The van der Waals surface area contributed by atoms with Crippen molar-refractivity contribution in [3.8, 4) is 0 Å². The molecule has 0 aliphatic rings. The highest BCUT2D eigenvalue weighted by Crippen LogP contribution is 1.90. The maximum absolute atomic E-state index is 5.53. The number of hydrogen-bond donors (Lipinski definition) is 2. The van der Waals surface area contributed by atoms with Gasteiger partial charge in [0.25, 0.3) is 0 Å². The maximum Gasteiger partial charge on any atom is 0.184 e. The molecule has 4 nitrogen and oxygen atoms in total. The SMILES string of the molecule is C/C(N)=C/C=C(\N)OCCN(C)C. The lowest BCUT2D eigenvalue weighted by Gasteiger charge is -2.10. The molecule has 0 aromatic carbocycles. The van der Waals surface area contributed by atoms with E-state index in [-0.39, 0.29) is 0 Å². The second kappa shape index (κ2) is 6.37. The van der Waals surface area contributed by atoms with Crippen LogP contribution in [0.5, 0.6) is 0 Å². The fraction of sp³-hybridized carbons (Fsp3) is 0.556. The van der Waals surface area contributed by atoms with Crippen molar-refractivity contribution in [2.45, 2.75) is 6.92 Å². The molecule has 0 unspecified atom stereocenters. The Morgan fingerprint density at radius 2 is 1.92 bits per heavy atom. The Hall–Kier alpha value is -1.16. The van der Waals surface area contributed by atoms with Gasteiger partial charge in [0.2, 0.25) is 0 Å². The highest BCUT2D eigenvalue weighted by molar-refractivity contribution is 5.09. The summed E-state index contributed by atoms with van der Waals surface area (Å²) in [5, 5.41) is 0. The molecular formula is C9H19N3O. The molecule has 0 aliphatic carbocycles. The fourth-order valence-corrected chi connectivity index (χ4v) is 0.608. The highest BCUT2D eigenvalue weighted by Gasteiger charge is 1.91. The van der Waals surface area contributed by atoms with Crippen LogP contribution in [-0.2, 0) is 4.74 Å². The predicted molar refractivity (Wildman–Crippen MR) is 54.7 cm³/mol. The molecule has 0 amide bonds. The number of hydrogen-bond acceptors (Lipinski definition) is 4. The van der Waals surface area contributed by atoms with Crippen LogP contribution in [0.1, 0.15) is 6.92 Å². The Morgan fingerprint density at radius 1 is 1.31 bits per heavy atom. The number of likely N-dealkylation sites (N-methyl/N-ethyl adjacent to an activating group) is 1. The molecule has 0 bridgehead atoms. The van der Waals surface area contributed by atoms with E-state index < -0.39 is 0 Å². The van der Waals surface area contributed by atoms with Crippen LogP contribution in [-0.4, -0.2) is 32.1 Å². The third-order valence-corrected chi connectivity index (χ3v) is 1.32. The van der Waals surface area contributed by atoms with Gasteiger partial charge in [-0.05, 0) is 33.2 Å². The molecule has 0 saturated carbocycles. The Kier molecular flexibility index (Phi) is 5.80. The van der Waals surface area contributed by atoms with Crippen LogP contribution in [0.15, 0.2) is 23.7 Å². The average molecular weight is 185 g/mol. The number of rotatable bonds is 5. The van der Waals surface area contributed by atoms with Crippen molar-refractivity contribution in [1.29, 1.82) is 0 Å². The van der Waals surface area contributed by atoms with E-state index in [2.05, 4.69) is 0 Å². The van der Waals surface area contributed by atoms with Gasteiger partial charge in [0.05, 0.1) is 0 Å². The summed E-state index contributed by atoms with van der Waals surface area (Å²) in [6, 6.07) is 0. The van der Waals surface area contributed by atoms with Gasteiger partial charge in [-0.3, -0.25) is 0 Å². The standard InChI is InChI=1S/C9H19N3O/c1-8(10)4-5-9(11)13-7-6-12(2)3/h4-5H,6-7,10-11H2,1-3H3/b8-4-,9-5+. The largest absolute Gasteiger partial charge is 0.478 e. The molecular weight excluding hydrogens is 166 g/mol. The molecule has 0 fully saturated rings. The lowest BCUT2D eigenvalue weighted by molar-refractivity contribution is 0.181. The normalized spacial score (nSPS) is 13.5. The molecule has 0 aromatic heterocycles. The van der Waals surface area contributed by atoms with Crippen LogP contribution < -0.4 is 11.5 Å². The molecule has 0 spiro atoms. The molecule has 0 rings (SSSR count). The van der Waals surface area contributed by atoms with E-state index in [1.54, 1.807) is 19.1 Å². The van der Waals surface area contributed by atoms with E-state index in [1.807, 2.05) is 19.0 Å². The van der Waals surface area contributed by atoms with Gasteiger partial charge in [-0.15, -0.1) is 0 Å². The van der Waals surface area contributed by atoms with Gasteiger partial charge in [0, 0.05) is 12.2 Å². The Labute approximate surface area is 79.8 Å². The number of nitrogens with two attached hydrogens (primary N) is 2. The summed E-state index contributed by atoms with van der Waals surface area (Å²) in [5.41, 5.74) is 11.7. The molecule has 0 aliphatic heterocycles. The average Bonchev–Trinajstić information content (AvgIpc) is 2.00. The van der Waals surface area contributed by atoms with E-state index in [0.717, 1.165) is 6.54 Å². The zero-order valence-electron chi connectivity index (χ0n) is 8.58. The van der Waals surface area contributed by atoms with Crippen molar-refractivity contribution in [2.75, 3.05) is 27.2 Å². The molecule has 4 heteroatoms. The Morgan fingerprint density at radius 3 is 2.38 bits per heavy atom. The van der Waals surface area contributed by atoms with Gasteiger partial charge in [-0.1, -0.05) is 0 Å². The number of allylic oxidation sites excluding steroid dienone is 3. The number of ether oxygens (including phenoxy) is 1. The first kappa shape index (κ1) is 11.8. The second-order valence-electron chi connectivity index (χ2n) is 3.13. The minimum Gasteiger partial charge on any atom is -0.478 e. The van der Waals surface area contributed by atoms with E-state index in [4.69, 9.17) is 16.2 Å². The molecule has 0 saturated heterocycles. The summed E-state index contributed by atoms with van der Waals surface area (Å²) in [7, 11) is 3.96. The van der Waals surface area contributed by atoms with Gasteiger partial charge < -0.3 is 21.1 Å². The lowest BCUT2D eigenvalue weighted by Crippen LogP contribution is -2.19. The molecule has 0 heterocycles. The van der Waals surface area contributed by atoms with Crippen molar-refractivity contribution in [3.63, 3.8) is 0 Å². The summed E-state index contributed by atoms with van der Waals surface area (Å²) in [5.74, 6) is 0.395. The van der Waals surface area contributed by atoms with Gasteiger partial charge >= 0.3 is 0 Å². The molecule has 0 aromatic rings. The molecule has 4 N–H and O–H groups in total. The summed E-state index contributed by atoms with van der Waals surface area (Å²) in [4.78, 5) is 2.03. The topological polar surface area (TPSA) is 64.5 Å². The zero-order chi connectivity index (χ0) is 10.3. The maximum atomic E-state index is 5.53. The van der Waals surface area contributed by atoms with Crippen molar-refractivity contribution < 1.29 is 4.74 Å². The minimum atomic E-state index is 0.395. The Balaban J connectivity index is 3.68. The van der Waals surface area contributed by atoms with E-state index in [9.17, 15) is 0 Å². The van der Waals surface area contributed by atoms with Crippen LogP contribution in [0.25, 0.3) is 0 Å². The van der Waals surface area contributed by atoms with Crippen molar-refractivity contribution in [1.82, 2.24) is 4.90 Å². The third-order valence-electron chi connectivity index (χ3n) is 1.32. The van der Waals surface area contributed by atoms with Crippen LogP contribution >= 0.6 is 0 Å². The van der Waals surface area contributed by atoms with Crippen molar-refractivity contribution in [2.24, 2.45) is 11.5 Å². The summed E-state index contributed by atoms with van der Waals surface area (Å²) in [6.45, 7) is 3.23. The van der Waals surface area contributed by atoms with Gasteiger partial charge in [-0.2, -0.15) is 0 Å². The van der Waals surface area contributed by atoms with Crippen LogP contribution in [0.3, 0.4) is 0 Å². The second-order valence-corrected chi connectivity index (χ2v) is 3.13. The summed E-state index contributed by atoms with van der Waals surface area (Å²) in [6.07, 6.45) is 3.37. The van der Waals surface area contributed by atoms with Crippen molar-refractivity contribution in [3.05, 3.63) is 23.7 Å². The molecule has 76 valence electrons. The highest BCUT2D eigenvalue weighted by atomic mass is 16.5. The third kappa shape index (κ3) is 8.75. The quantitative estimate of drug-likeness (QED) is 0.475. The first-order valence-corrected chi connectivity index (χ1v) is 4.19.